The molecule has 1 fully saturated rings. The third-order valence-electron chi connectivity index (χ3n) is 3.91. The van der Waals surface area contributed by atoms with Crippen molar-refractivity contribution in [2.75, 3.05) is 31.5 Å². The van der Waals surface area contributed by atoms with Crippen LogP contribution >= 0.6 is 11.3 Å². The molecule has 1 aromatic heterocycles. The molecule has 11 heteroatoms. The quantitative estimate of drug-likeness (QED) is 0.757. The molecule has 1 aromatic rings. The second kappa shape index (κ2) is 6.75. The molecule has 0 radical (unpaired) electrons. The highest BCUT2D eigenvalue weighted by atomic mass is 32.2. The van der Waals surface area contributed by atoms with Gasteiger partial charge in [0.05, 0.1) is 6.20 Å². The topological polar surface area (TPSA) is 120 Å². The van der Waals surface area contributed by atoms with Gasteiger partial charge in [-0.25, -0.2) is 13.4 Å². The fourth-order valence-corrected chi connectivity index (χ4v) is 4.99. The Morgan fingerprint density at radius 3 is 2.38 bits per heavy atom. The van der Waals surface area contributed by atoms with Crippen molar-refractivity contribution in [1.29, 1.82) is 0 Å². The molecule has 1 aliphatic rings. The molecule has 134 valence electrons. The summed E-state index contributed by atoms with van der Waals surface area (Å²) in [5.41, 5.74) is -1.04. The Morgan fingerprint density at radius 2 is 1.88 bits per heavy atom. The Kier molecular flexibility index (Phi) is 5.28. The molecule has 0 unspecified atom stereocenters. The molecule has 0 aliphatic carbocycles. The van der Waals surface area contributed by atoms with Crippen LogP contribution in [-0.4, -0.2) is 71.3 Å². The molecule has 1 aliphatic heterocycles. The maximum atomic E-state index is 12.6. The lowest BCUT2D eigenvalue weighted by molar-refractivity contribution is -0.150. The summed E-state index contributed by atoms with van der Waals surface area (Å²) in [5.74, 6) is -1.26. The number of nitrogens with zero attached hydrogens (tertiary/aromatic N) is 3. The summed E-state index contributed by atoms with van der Waals surface area (Å²) >= 11 is 0.893. The molecular formula is C13H20N4O5S2. The van der Waals surface area contributed by atoms with E-state index in [0.717, 1.165) is 11.3 Å². The summed E-state index contributed by atoms with van der Waals surface area (Å²) in [6.07, 6.45) is 1.22. The van der Waals surface area contributed by atoms with E-state index in [1.807, 2.05) is 0 Å². The molecule has 1 amide bonds. The Balaban J connectivity index is 2.09. The van der Waals surface area contributed by atoms with Crippen LogP contribution in [0.15, 0.2) is 10.4 Å². The fourth-order valence-electron chi connectivity index (χ4n) is 2.34. The number of carboxylic acids is 1. The standard InChI is InChI=1S/C13H20N4O5S2/c1-9(18)15-12-14-8-10(23-12)24(21,22)17-6-4-16(5-7-17)13(2,3)11(19)20/h8H,4-7H2,1-3H3,(H,19,20)(H,14,15,18). The third kappa shape index (κ3) is 3.74. The van der Waals surface area contributed by atoms with Crippen LogP contribution in [0.3, 0.4) is 0 Å². The van der Waals surface area contributed by atoms with Gasteiger partial charge >= 0.3 is 5.97 Å². The number of nitrogens with one attached hydrogen (secondary N) is 1. The van der Waals surface area contributed by atoms with Crippen molar-refractivity contribution in [3.8, 4) is 0 Å². The van der Waals surface area contributed by atoms with Gasteiger partial charge in [0.1, 0.15) is 5.54 Å². The zero-order chi connectivity index (χ0) is 18.1. The van der Waals surface area contributed by atoms with Crippen LogP contribution in [0.4, 0.5) is 5.13 Å². The molecule has 9 nitrogen and oxygen atoms in total. The van der Waals surface area contributed by atoms with E-state index in [0.29, 0.717) is 13.1 Å². The van der Waals surface area contributed by atoms with Crippen LogP contribution in [0.25, 0.3) is 0 Å². The predicted octanol–water partition coefficient (Wildman–Crippen LogP) is 0.271. The summed E-state index contributed by atoms with van der Waals surface area (Å²) in [4.78, 5) is 27.9. The molecule has 24 heavy (non-hydrogen) atoms. The Hall–Kier alpha value is -1.56. The highest BCUT2D eigenvalue weighted by molar-refractivity contribution is 7.91. The van der Waals surface area contributed by atoms with Gasteiger partial charge in [0.2, 0.25) is 5.91 Å². The van der Waals surface area contributed by atoms with E-state index in [1.54, 1.807) is 18.7 Å². The van der Waals surface area contributed by atoms with E-state index in [4.69, 9.17) is 0 Å². The first kappa shape index (κ1) is 18.8. The molecular weight excluding hydrogens is 356 g/mol. The number of carbonyl (C=O) groups is 2. The van der Waals surface area contributed by atoms with Gasteiger partial charge in [0.15, 0.2) is 9.34 Å². The maximum absolute atomic E-state index is 12.6. The van der Waals surface area contributed by atoms with E-state index in [9.17, 15) is 23.1 Å². The van der Waals surface area contributed by atoms with Gasteiger partial charge in [-0.3, -0.25) is 14.5 Å². The van der Waals surface area contributed by atoms with Gasteiger partial charge in [-0.2, -0.15) is 4.31 Å². The Morgan fingerprint density at radius 1 is 1.29 bits per heavy atom. The zero-order valence-electron chi connectivity index (χ0n) is 13.6. The second-order valence-electron chi connectivity index (χ2n) is 5.92. The third-order valence-corrected chi connectivity index (χ3v) is 7.16. The first-order valence-electron chi connectivity index (χ1n) is 7.27. The molecule has 2 N–H and O–H groups in total. The average molecular weight is 376 g/mol. The highest BCUT2D eigenvalue weighted by Crippen LogP contribution is 2.27. The van der Waals surface area contributed by atoms with E-state index >= 15 is 0 Å². The fraction of sp³-hybridized carbons (Fsp3) is 0.615. The number of carbonyl (C=O) groups excluding carboxylic acids is 1. The monoisotopic (exact) mass is 376 g/mol. The number of aliphatic carboxylic acids is 1. The van der Waals surface area contributed by atoms with E-state index in [-0.39, 0.29) is 28.3 Å². The van der Waals surface area contributed by atoms with E-state index < -0.39 is 21.5 Å². The zero-order valence-corrected chi connectivity index (χ0v) is 15.3. The summed E-state index contributed by atoms with van der Waals surface area (Å²) < 4.78 is 26.6. The normalized spacial score (nSPS) is 17.6. The number of anilines is 1. The number of carboxylic acid groups (broad SMARTS) is 1. The number of hydrogen-bond donors (Lipinski definition) is 2. The number of rotatable bonds is 5. The van der Waals surface area contributed by atoms with Crippen molar-refractivity contribution in [3.05, 3.63) is 6.20 Å². The SMILES string of the molecule is CC(=O)Nc1ncc(S(=O)(=O)N2CCN(C(C)(C)C(=O)O)CC2)s1. The van der Waals surface area contributed by atoms with Gasteiger partial charge in [-0.1, -0.05) is 11.3 Å². The van der Waals surface area contributed by atoms with Crippen LogP contribution in [0, 0.1) is 0 Å². The average Bonchev–Trinajstić information content (AvgIpc) is 2.95. The molecule has 0 aromatic carbocycles. The van der Waals surface area contributed by atoms with Gasteiger partial charge in [0.25, 0.3) is 10.0 Å². The Bertz CT molecular complexity index is 735. The van der Waals surface area contributed by atoms with Crippen molar-refractivity contribution in [3.63, 3.8) is 0 Å². The summed E-state index contributed by atoms with van der Waals surface area (Å²) in [6.45, 7) is 5.58. The summed E-state index contributed by atoms with van der Waals surface area (Å²) in [6, 6.07) is 0. The largest absolute Gasteiger partial charge is 0.480 e. The van der Waals surface area contributed by atoms with Gasteiger partial charge in [-0.15, -0.1) is 0 Å². The van der Waals surface area contributed by atoms with Crippen LogP contribution in [0.2, 0.25) is 0 Å². The minimum Gasteiger partial charge on any atom is -0.480 e. The lowest BCUT2D eigenvalue weighted by atomic mass is 10.0. The molecule has 0 atom stereocenters. The van der Waals surface area contributed by atoms with Crippen molar-refractivity contribution < 1.29 is 23.1 Å². The number of sulfonamides is 1. The molecule has 0 bridgehead atoms. The number of hydrogen-bond acceptors (Lipinski definition) is 7. The molecule has 0 saturated carbocycles. The lowest BCUT2D eigenvalue weighted by Gasteiger charge is -2.40. The van der Waals surface area contributed by atoms with Crippen LogP contribution in [-0.2, 0) is 19.6 Å². The van der Waals surface area contributed by atoms with Gasteiger partial charge < -0.3 is 10.4 Å². The first-order valence-corrected chi connectivity index (χ1v) is 9.53. The van der Waals surface area contributed by atoms with E-state index in [1.165, 1.54) is 17.4 Å². The van der Waals surface area contributed by atoms with Gasteiger partial charge in [-0.05, 0) is 13.8 Å². The van der Waals surface area contributed by atoms with Crippen LogP contribution in [0.1, 0.15) is 20.8 Å². The number of aromatic nitrogens is 1. The molecule has 2 rings (SSSR count). The molecule has 0 spiro atoms. The van der Waals surface area contributed by atoms with Crippen molar-refractivity contribution >= 4 is 38.4 Å². The smallest absolute Gasteiger partial charge is 0.323 e. The maximum Gasteiger partial charge on any atom is 0.323 e. The predicted molar refractivity (Wildman–Crippen MR) is 88.5 cm³/mol. The minimum atomic E-state index is -3.70. The van der Waals surface area contributed by atoms with Crippen LogP contribution in [0.5, 0.6) is 0 Å². The molecule has 1 saturated heterocycles. The number of amides is 1. The van der Waals surface area contributed by atoms with Crippen molar-refractivity contribution in [2.24, 2.45) is 0 Å². The first-order chi connectivity index (χ1) is 11.0. The van der Waals surface area contributed by atoms with Gasteiger partial charge in [0, 0.05) is 33.1 Å². The number of piperazine rings is 1. The number of thiazole rings is 1. The summed E-state index contributed by atoms with van der Waals surface area (Å²) in [7, 11) is -3.70. The second-order valence-corrected chi connectivity index (χ2v) is 9.12. The van der Waals surface area contributed by atoms with E-state index in [2.05, 4.69) is 10.3 Å². The minimum absolute atomic E-state index is 0.0530. The highest BCUT2D eigenvalue weighted by Gasteiger charge is 2.39. The molecule has 2 heterocycles. The lowest BCUT2D eigenvalue weighted by Crippen LogP contribution is -2.58. The van der Waals surface area contributed by atoms with Crippen LogP contribution < -0.4 is 5.32 Å². The summed E-state index contributed by atoms with van der Waals surface area (Å²) in [5, 5.41) is 11.9. The Labute approximate surface area is 144 Å². The van der Waals surface area contributed by atoms with Crippen molar-refractivity contribution in [1.82, 2.24) is 14.2 Å². The van der Waals surface area contributed by atoms with Crippen molar-refractivity contribution in [2.45, 2.75) is 30.5 Å².